The average molecular weight is 274 g/mol. The molecule has 1 aliphatic heterocycles. The molecule has 0 spiro atoms. The second kappa shape index (κ2) is 5.48. The van der Waals surface area contributed by atoms with Gasteiger partial charge in [-0.3, -0.25) is 9.89 Å². The monoisotopic (exact) mass is 274 g/mol. The van der Waals surface area contributed by atoms with Gasteiger partial charge in [0.25, 0.3) is 0 Å². The zero-order chi connectivity index (χ0) is 13.9. The molecule has 1 atom stereocenters. The Labute approximate surface area is 117 Å². The number of hydrogen-bond acceptors (Lipinski definition) is 4. The van der Waals surface area contributed by atoms with Crippen molar-refractivity contribution in [2.75, 3.05) is 13.1 Å². The summed E-state index contributed by atoms with van der Waals surface area (Å²) < 4.78 is 5.11. The molecule has 0 radical (unpaired) electrons. The quantitative estimate of drug-likeness (QED) is 0.923. The molecule has 1 amide bonds. The molecule has 106 valence electrons. The number of H-pyrrole nitrogens is 1. The first-order valence-corrected chi connectivity index (χ1v) is 6.91. The minimum atomic E-state index is 0.102. The SMILES string of the molecule is Cc1cc(CC(=O)N2CCC[C@H](c3ccn[nH]3)C2)on1. The summed E-state index contributed by atoms with van der Waals surface area (Å²) in [6.07, 6.45) is 4.15. The second-order valence-electron chi connectivity index (χ2n) is 5.30. The fourth-order valence-corrected chi connectivity index (χ4v) is 2.71. The van der Waals surface area contributed by atoms with E-state index >= 15 is 0 Å². The molecule has 1 N–H and O–H groups in total. The summed E-state index contributed by atoms with van der Waals surface area (Å²) in [5.41, 5.74) is 1.92. The lowest BCUT2D eigenvalue weighted by atomic mass is 9.94. The maximum Gasteiger partial charge on any atom is 0.230 e. The second-order valence-corrected chi connectivity index (χ2v) is 5.30. The Morgan fingerprint density at radius 3 is 3.20 bits per heavy atom. The molecule has 0 unspecified atom stereocenters. The van der Waals surface area contributed by atoms with Crippen LogP contribution in [-0.4, -0.2) is 39.3 Å². The lowest BCUT2D eigenvalue weighted by Gasteiger charge is -2.32. The van der Waals surface area contributed by atoms with Crippen molar-refractivity contribution in [3.05, 3.63) is 35.5 Å². The van der Waals surface area contributed by atoms with Crippen LogP contribution in [0.5, 0.6) is 0 Å². The summed E-state index contributed by atoms with van der Waals surface area (Å²) in [6.45, 7) is 3.41. The van der Waals surface area contributed by atoms with Gasteiger partial charge in [-0.2, -0.15) is 5.10 Å². The first-order chi connectivity index (χ1) is 9.72. The molecule has 6 heteroatoms. The number of amides is 1. The van der Waals surface area contributed by atoms with Crippen molar-refractivity contribution in [1.82, 2.24) is 20.3 Å². The maximum absolute atomic E-state index is 12.3. The van der Waals surface area contributed by atoms with Crippen molar-refractivity contribution in [2.24, 2.45) is 0 Å². The van der Waals surface area contributed by atoms with Gasteiger partial charge >= 0.3 is 0 Å². The van der Waals surface area contributed by atoms with Gasteiger partial charge in [-0.15, -0.1) is 0 Å². The van der Waals surface area contributed by atoms with Crippen molar-refractivity contribution in [1.29, 1.82) is 0 Å². The Kier molecular flexibility index (Phi) is 3.54. The number of nitrogens with zero attached hydrogens (tertiary/aromatic N) is 3. The van der Waals surface area contributed by atoms with E-state index in [2.05, 4.69) is 15.4 Å². The van der Waals surface area contributed by atoms with Crippen molar-refractivity contribution in [2.45, 2.75) is 32.1 Å². The normalized spacial score (nSPS) is 19.2. The Hall–Kier alpha value is -2.11. The molecule has 2 aromatic heterocycles. The van der Waals surface area contributed by atoms with Crippen molar-refractivity contribution >= 4 is 5.91 Å². The summed E-state index contributed by atoms with van der Waals surface area (Å²) in [5.74, 6) is 1.09. The van der Waals surface area contributed by atoms with Crippen LogP contribution in [0.3, 0.4) is 0 Å². The molecule has 1 fully saturated rings. The maximum atomic E-state index is 12.3. The number of aromatic nitrogens is 3. The largest absolute Gasteiger partial charge is 0.361 e. The smallest absolute Gasteiger partial charge is 0.230 e. The highest BCUT2D eigenvalue weighted by atomic mass is 16.5. The fraction of sp³-hybridized carbons (Fsp3) is 0.500. The van der Waals surface area contributed by atoms with Crippen LogP contribution in [0.15, 0.2) is 22.9 Å². The molecular weight excluding hydrogens is 256 g/mol. The molecule has 0 bridgehead atoms. The van der Waals surface area contributed by atoms with E-state index in [1.54, 1.807) is 6.20 Å². The number of piperidine rings is 1. The van der Waals surface area contributed by atoms with Crippen LogP contribution < -0.4 is 0 Å². The highest BCUT2D eigenvalue weighted by Crippen LogP contribution is 2.25. The third-order valence-corrected chi connectivity index (χ3v) is 3.74. The van der Waals surface area contributed by atoms with E-state index in [0.29, 0.717) is 11.7 Å². The zero-order valence-electron chi connectivity index (χ0n) is 11.5. The van der Waals surface area contributed by atoms with Crippen LogP contribution in [0.4, 0.5) is 0 Å². The molecule has 6 nitrogen and oxygen atoms in total. The molecule has 3 rings (SSSR count). The minimum absolute atomic E-state index is 0.102. The van der Waals surface area contributed by atoms with Crippen molar-refractivity contribution in [3.63, 3.8) is 0 Å². The Morgan fingerprint density at radius 2 is 2.50 bits per heavy atom. The van der Waals surface area contributed by atoms with Gasteiger partial charge in [0, 0.05) is 37.0 Å². The van der Waals surface area contributed by atoms with Gasteiger partial charge in [0.2, 0.25) is 5.91 Å². The highest BCUT2D eigenvalue weighted by molar-refractivity contribution is 5.78. The van der Waals surface area contributed by atoms with Gasteiger partial charge in [0.1, 0.15) is 5.76 Å². The summed E-state index contributed by atoms with van der Waals surface area (Å²) in [5, 5.41) is 10.8. The molecule has 2 aromatic rings. The Bertz CT molecular complexity index is 576. The van der Waals surface area contributed by atoms with E-state index in [0.717, 1.165) is 37.3 Å². The fourth-order valence-electron chi connectivity index (χ4n) is 2.71. The molecule has 0 saturated carbocycles. The zero-order valence-corrected chi connectivity index (χ0v) is 11.5. The predicted octanol–water partition coefficient (Wildman–Crippen LogP) is 1.65. The number of carbonyl (C=O) groups excluding carboxylic acids is 1. The van der Waals surface area contributed by atoms with Crippen LogP contribution in [0, 0.1) is 6.92 Å². The van der Waals surface area contributed by atoms with Crippen LogP contribution in [0.25, 0.3) is 0 Å². The third-order valence-electron chi connectivity index (χ3n) is 3.74. The van der Waals surface area contributed by atoms with E-state index in [9.17, 15) is 4.79 Å². The van der Waals surface area contributed by atoms with Gasteiger partial charge in [0.15, 0.2) is 0 Å². The van der Waals surface area contributed by atoms with Crippen molar-refractivity contribution < 1.29 is 9.32 Å². The summed E-state index contributed by atoms with van der Waals surface area (Å²) >= 11 is 0. The van der Waals surface area contributed by atoms with Gasteiger partial charge in [0.05, 0.1) is 12.1 Å². The molecule has 20 heavy (non-hydrogen) atoms. The van der Waals surface area contributed by atoms with Gasteiger partial charge in [-0.1, -0.05) is 5.16 Å². The predicted molar refractivity (Wildman–Crippen MR) is 72.1 cm³/mol. The number of rotatable bonds is 3. The first kappa shape index (κ1) is 12.9. The Morgan fingerprint density at radius 1 is 1.60 bits per heavy atom. The first-order valence-electron chi connectivity index (χ1n) is 6.91. The van der Waals surface area contributed by atoms with Crippen LogP contribution in [0.2, 0.25) is 0 Å². The molecule has 0 aliphatic carbocycles. The topological polar surface area (TPSA) is 75.0 Å². The molecule has 1 aliphatic rings. The van der Waals surface area contributed by atoms with Gasteiger partial charge in [-0.05, 0) is 25.8 Å². The van der Waals surface area contributed by atoms with E-state index in [4.69, 9.17) is 4.52 Å². The number of aromatic amines is 1. The number of likely N-dealkylation sites (tertiary alicyclic amines) is 1. The van der Waals surface area contributed by atoms with E-state index in [-0.39, 0.29) is 12.3 Å². The number of carbonyl (C=O) groups is 1. The van der Waals surface area contributed by atoms with E-state index in [1.807, 2.05) is 24.0 Å². The Balaban J connectivity index is 1.63. The van der Waals surface area contributed by atoms with Crippen molar-refractivity contribution in [3.8, 4) is 0 Å². The van der Waals surface area contributed by atoms with Crippen LogP contribution in [0.1, 0.15) is 35.9 Å². The standard InChI is InChI=1S/C14H18N4O2/c1-10-7-12(20-17-10)8-14(19)18-6-2-3-11(9-18)13-4-5-15-16-13/h4-5,7,11H,2-3,6,8-9H2,1H3,(H,15,16)/t11-/m0/s1. The van der Waals surface area contributed by atoms with Gasteiger partial charge in [-0.25, -0.2) is 0 Å². The lowest BCUT2D eigenvalue weighted by Crippen LogP contribution is -2.40. The average Bonchev–Trinajstić information content (AvgIpc) is 3.11. The molecular formula is C14H18N4O2. The van der Waals surface area contributed by atoms with Gasteiger partial charge < -0.3 is 9.42 Å². The number of nitrogens with one attached hydrogen (secondary N) is 1. The summed E-state index contributed by atoms with van der Waals surface area (Å²) in [7, 11) is 0. The van der Waals surface area contributed by atoms with Crippen LogP contribution >= 0.6 is 0 Å². The van der Waals surface area contributed by atoms with E-state index < -0.39 is 0 Å². The molecule has 3 heterocycles. The number of aryl methyl sites for hydroxylation is 1. The molecule has 1 saturated heterocycles. The third kappa shape index (κ3) is 2.74. The minimum Gasteiger partial charge on any atom is -0.361 e. The summed E-state index contributed by atoms with van der Waals surface area (Å²) in [4.78, 5) is 14.2. The highest BCUT2D eigenvalue weighted by Gasteiger charge is 2.26. The summed E-state index contributed by atoms with van der Waals surface area (Å²) in [6, 6.07) is 3.80. The lowest BCUT2D eigenvalue weighted by molar-refractivity contribution is -0.132. The van der Waals surface area contributed by atoms with E-state index in [1.165, 1.54) is 0 Å². The number of hydrogen-bond donors (Lipinski definition) is 1. The molecule has 0 aromatic carbocycles. The van der Waals surface area contributed by atoms with Crippen LogP contribution in [-0.2, 0) is 11.2 Å².